The van der Waals surface area contributed by atoms with Crippen molar-refractivity contribution >= 4 is 0 Å². The molecule has 0 aromatic rings. The van der Waals surface area contributed by atoms with Crippen LogP contribution in [0, 0.1) is 5.92 Å². The molecule has 0 saturated carbocycles. The van der Waals surface area contributed by atoms with Crippen LogP contribution in [0.5, 0.6) is 0 Å². The molecule has 0 amide bonds. The van der Waals surface area contributed by atoms with Crippen molar-refractivity contribution in [2.75, 3.05) is 26.3 Å². The van der Waals surface area contributed by atoms with Gasteiger partial charge < -0.3 is 21.5 Å². The Bertz CT molecular complexity index is 164. The molecule has 1 fully saturated rings. The van der Waals surface area contributed by atoms with Gasteiger partial charge in [-0.25, -0.2) is 0 Å². The molecule has 1 aliphatic rings. The second-order valence-electron chi connectivity index (χ2n) is 3.45. The molecule has 0 bridgehead atoms. The zero-order valence-corrected chi connectivity index (χ0v) is 7.96. The average Bonchev–Trinajstić information content (AvgIpc) is 2.19. The fourth-order valence-corrected chi connectivity index (χ4v) is 1.44. The van der Waals surface area contributed by atoms with Crippen molar-refractivity contribution < 1.29 is 4.74 Å². The third-order valence-corrected chi connectivity index (χ3v) is 2.30. The topological polar surface area (TPSA) is 73.3 Å². The molecule has 0 radical (unpaired) electrons. The van der Waals surface area contributed by atoms with Crippen LogP contribution in [-0.2, 0) is 4.74 Å². The largest absolute Gasteiger partial charge is 0.403 e. The monoisotopic (exact) mass is 185 g/mol. The summed E-state index contributed by atoms with van der Waals surface area (Å²) in [6.07, 6.45) is 3.79. The molecule has 1 rings (SSSR count). The van der Waals surface area contributed by atoms with Crippen LogP contribution in [0.25, 0.3) is 0 Å². The number of hydrogen-bond acceptors (Lipinski definition) is 4. The van der Waals surface area contributed by atoms with Gasteiger partial charge in [0.25, 0.3) is 0 Å². The van der Waals surface area contributed by atoms with E-state index in [1.807, 2.05) is 0 Å². The Labute approximate surface area is 79.3 Å². The fourth-order valence-electron chi connectivity index (χ4n) is 1.44. The molecule has 0 aliphatic carbocycles. The summed E-state index contributed by atoms with van der Waals surface area (Å²) in [6, 6.07) is 0. The summed E-state index contributed by atoms with van der Waals surface area (Å²) in [7, 11) is 0. The van der Waals surface area contributed by atoms with Crippen LogP contribution in [0.1, 0.15) is 12.8 Å². The lowest BCUT2D eigenvalue weighted by molar-refractivity contribution is 0.103. The van der Waals surface area contributed by atoms with Crippen LogP contribution in [0.3, 0.4) is 0 Å². The van der Waals surface area contributed by atoms with Crippen LogP contribution in [0.2, 0.25) is 0 Å². The molecule has 76 valence electrons. The van der Waals surface area contributed by atoms with Crippen LogP contribution >= 0.6 is 0 Å². The van der Waals surface area contributed by atoms with E-state index in [0.717, 1.165) is 19.7 Å². The zero-order chi connectivity index (χ0) is 9.52. The van der Waals surface area contributed by atoms with Crippen LogP contribution in [0.4, 0.5) is 0 Å². The fraction of sp³-hybridized carbons (Fsp3) is 0.778. The van der Waals surface area contributed by atoms with Gasteiger partial charge in [0.1, 0.15) is 0 Å². The van der Waals surface area contributed by atoms with Gasteiger partial charge in [0.05, 0.1) is 18.9 Å². The van der Waals surface area contributed by atoms with E-state index >= 15 is 0 Å². The second kappa shape index (κ2) is 5.83. The molecule has 1 saturated heterocycles. The molecule has 0 aromatic heterocycles. The molecule has 4 heteroatoms. The maximum absolute atomic E-state index is 5.49. The smallest absolute Gasteiger partial charge is 0.0875 e. The number of hydrogen-bond donors (Lipinski definition) is 3. The van der Waals surface area contributed by atoms with E-state index in [2.05, 4.69) is 5.32 Å². The van der Waals surface area contributed by atoms with Crippen molar-refractivity contribution in [1.29, 1.82) is 0 Å². The van der Waals surface area contributed by atoms with E-state index in [9.17, 15) is 0 Å². The van der Waals surface area contributed by atoms with Crippen LogP contribution in [0.15, 0.2) is 11.9 Å². The van der Waals surface area contributed by atoms with Crippen molar-refractivity contribution in [3.05, 3.63) is 11.9 Å². The Morgan fingerprint density at radius 1 is 1.46 bits per heavy atom. The lowest BCUT2D eigenvalue weighted by Crippen LogP contribution is -2.30. The molecular formula is C9H19N3O. The number of rotatable bonds is 4. The summed E-state index contributed by atoms with van der Waals surface area (Å²) in [5.74, 6) is 0.687. The maximum atomic E-state index is 5.49. The highest BCUT2D eigenvalue weighted by atomic mass is 16.5. The highest BCUT2D eigenvalue weighted by Crippen LogP contribution is 2.11. The van der Waals surface area contributed by atoms with Gasteiger partial charge in [-0.2, -0.15) is 0 Å². The molecule has 0 aromatic carbocycles. The lowest BCUT2D eigenvalue weighted by atomic mass is 9.99. The number of nitrogens with two attached hydrogens (primary N) is 2. The molecule has 13 heavy (non-hydrogen) atoms. The van der Waals surface area contributed by atoms with E-state index in [1.165, 1.54) is 19.0 Å². The Morgan fingerprint density at radius 3 is 2.77 bits per heavy atom. The zero-order valence-electron chi connectivity index (χ0n) is 7.96. The van der Waals surface area contributed by atoms with Gasteiger partial charge in [-0.15, -0.1) is 0 Å². The van der Waals surface area contributed by atoms with Gasteiger partial charge in [-0.3, -0.25) is 0 Å². The molecule has 0 spiro atoms. The first-order valence-electron chi connectivity index (χ1n) is 4.77. The Morgan fingerprint density at radius 2 is 2.15 bits per heavy atom. The predicted molar refractivity (Wildman–Crippen MR) is 52.9 cm³/mol. The van der Waals surface area contributed by atoms with Gasteiger partial charge in [0, 0.05) is 6.20 Å². The summed E-state index contributed by atoms with van der Waals surface area (Å²) in [6.45, 7) is 3.48. The molecule has 4 nitrogen and oxygen atoms in total. The van der Waals surface area contributed by atoms with Gasteiger partial charge >= 0.3 is 0 Å². The highest BCUT2D eigenvalue weighted by molar-refractivity contribution is 4.92. The summed E-state index contributed by atoms with van der Waals surface area (Å²) in [5, 5.41) is 3.31. The Hall–Kier alpha value is -0.740. The molecule has 1 aliphatic heterocycles. The summed E-state index contributed by atoms with van der Waals surface area (Å²) < 4.78 is 5.42. The minimum absolute atomic E-state index is 0.459. The normalized spacial score (nSPS) is 20.5. The first kappa shape index (κ1) is 10.3. The van der Waals surface area contributed by atoms with E-state index < -0.39 is 0 Å². The van der Waals surface area contributed by atoms with Crippen molar-refractivity contribution in [2.24, 2.45) is 17.4 Å². The number of nitrogens with one attached hydrogen (secondary N) is 1. The first-order chi connectivity index (χ1) is 6.33. The molecule has 1 heterocycles. The maximum Gasteiger partial charge on any atom is 0.0875 e. The minimum Gasteiger partial charge on any atom is -0.403 e. The molecule has 0 atom stereocenters. The van der Waals surface area contributed by atoms with Crippen molar-refractivity contribution in [3.63, 3.8) is 0 Å². The van der Waals surface area contributed by atoms with Gasteiger partial charge in [0.2, 0.25) is 0 Å². The van der Waals surface area contributed by atoms with Crippen LogP contribution < -0.4 is 16.8 Å². The molecule has 0 unspecified atom stereocenters. The first-order valence-corrected chi connectivity index (χ1v) is 4.77. The van der Waals surface area contributed by atoms with Gasteiger partial charge in [-0.1, -0.05) is 0 Å². The third kappa shape index (κ3) is 4.15. The van der Waals surface area contributed by atoms with Gasteiger partial charge in [-0.05, 0) is 31.8 Å². The number of piperidine rings is 1. The quantitative estimate of drug-likeness (QED) is 0.565. The second-order valence-corrected chi connectivity index (χ2v) is 3.45. The van der Waals surface area contributed by atoms with Crippen molar-refractivity contribution in [3.8, 4) is 0 Å². The van der Waals surface area contributed by atoms with Crippen LogP contribution in [-0.4, -0.2) is 26.3 Å². The van der Waals surface area contributed by atoms with E-state index in [1.54, 1.807) is 0 Å². The summed E-state index contributed by atoms with van der Waals surface area (Å²) in [5.41, 5.74) is 11.3. The standard InChI is InChI=1S/C9H19N3O/c10-5-9(11)7-13-6-8-1-3-12-4-2-8/h5,8,12H,1-4,6-7,10-11H2/b9-5-. The van der Waals surface area contributed by atoms with Crippen molar-refractivity contribution in [2.45, 2.75) is 12.8 Å². The third-order valence-electron chi connectivity index (χ3n) is 2.30. The Balaban J connectivity index is 2.04. The number of ether oxygens (including phenoxy) is 1. The summed E-state index contributed by atoms with van der Waals surface area (Å²) >= 11 is 0. The SMILES string of the molecule is N/C=C(\N)COCC1CCNCC1. The molecular weight excluding hydrogens is 166 g/mol. The van der Waals surface area contributed by atoms with Crippen molar-refractivity contribution in [1.82, 2.24) is 5.32 Å². The lowest BCUT2D eigenvalue weighted by Gasteiger charge is -2.22. The predicted octanol–water partition coefficient (Wildman–Crippen LogP) is -0.239. The van der Waals surface area contributed by atoms with Gasteiger partial charge in [0.15, 0.2) is 0 Å². The highest BCUT2D eigenvalue weighted by Gasteiger charge is 2.12. The van der Waals surface area contributed by atoms with E-state index in [4.69, 9.17) is 16.2 Å². The van der Waals surface area contributed by atoms with E-state index in [-0.39, 0.29) is 0 Å². The average molecular weight is 185 g/mol. The van der Waals surface area contributed by atoms with E-state index in [0.29, 0.717) is 18.2 Å². The Kier molecular flexibility index (Phi) is 4.64. The molecule has 5 N–H and O–H groups in total. The summed E-state index contributed by atoms with van der Waals surface area (Å²) in [4.78, 5) is 0. The minimum atomic E-state index is 0.459.